The molecule has 0 radical (unpaired) electrons. The second-order valence-corrected chi connectivity index (χ2v) is 6.83. The molecule has 2 heteroatoms. The fourth-order valence-corrected chi connectivity index (χ4v) is 4.21. The number of hydrogen-bond donors (Lipinski definition) is 0. The van der Waals surface area contributed by atoms with Crippen molar-refractivity contribution in [1.82, 2.24) is 4.90 Å². The molecule has 22 heavy (non-hydrogen) atoms. The lowest BCUT2D eigenvalue weighted by Gasteiger charge is -2.49. The quantitative estimate of drug-likeness (QED) is 0.708. The summed E-state index contributed by atoms with van der Waals surface area (Å²) in [5.41, 5.74) is 2.60. The molecule has 1 aromatic carbocycles. The summed E-state index contributed by atoms with van der Waals surface area (Å²) in [5, 5.41) is 0. The predicted molar refractivity (Wildman–Crippen MR) is 93.4 cm³/mol. The van der Waals surface area contributed by atoms with Gasteiger partial charge < -0.3 is 0 Å². The highest BCUT2D eigenvalue weighted by Crippen LogP contribution is 2.38. The summed E-state index contributed by atoms with van der Waals surface area (Å²) in [6.45, 7) is 11.0. The standard InChI is InChI=1S/C20H31NO/c1-5-20(6-2)15-18(12-13-21(20)7-3)14-17-8-10-19(11-9-17)16(4)22/h8-11,18H,5-7,12-15H2,1-4H3. The van der Waals surface area contributed by atoms with Gasteiger partial charge in [-0.05, 0) is 63.6 Å². The van der Waals surface area contributed by atoms with Gasteiger partial charge in [0.25, 0.3) is 0 Å². The third kappa shape index (κ3) is 3.60. The van der Waals surface area contributed by atoms with Crippen LogP contribution in [0.5, 0.6) is 0 Å². The van der Waals surface area contributed by atoms with Crippen molar-refractivity contribution in [2.24, 2.45) is 5.92 Å². The monoisotopic (exact) mass is 301 g/mol. The smallest absolute Gasteiger partial charge is 0.159 e. The van der Waals surface area contributed by atoms with E-state index in [4.69, 9.17) is 0 Å². The summed E-state index contributed by atoms with van der Waals surface area (Å²) < 4.78 is 0. The molecule has 0 spiro atoms. The Kier molecular flexibility index (Phi) is 5.80. The van der Waals surface area contributed by atoms with Crippen molar-refractivity contribution in [2.45, 2.75) is 65.3 Å². The van der Waals surface area contributed by atoms with Crippen molar-refractivity contribution < 1.29 is 4.79 Å². The molecule has 1 fully saturated rings. The van der Waals surface area contributed by atoms with E-state index in [0.29, 0.717) is 5.54 Å². The van der Waals surface area contributed by atoms with Crippen molar-refractivity contribution in [3.8, 4) is 0 Å². The lowest BCUT2D eigenvalue weighted by atomic mass is 9.74. The molecule has 0 bridgehead atoms. The van der Waals surface area contributed by atoms with E-state index in [0.717, 1.165) is 17.9 Å². The lowest BCUT2D eigenvalue weighted by molar-refractivity contribution is 0.0168. The molecule has 1 unspecified atom stereocenters. The molecular formula is C20H31NO. The van der Waals surface area contributed by atoms with E-state index in [-0.39, 0.29) is 5.78 Å². The maximum absolute atomic E-state index is 11.4. The molecule has 0 aromatic heterocycles. The van der Waals surface area contributed by atoms with Crippen molar-refractivity contribution in [3.05, 3.63) is 35.4 Å². The van der Waals surface area contributed by atoms with Gasteiger partial charge in [0.05, 0.1) is 0 Å². The van der Waals surface area contributed by atoms with Crippen LogP contribution in [0, 0.1) is 5.92 Å². The van der Waals surface area contributed by atoms with Crippen molar-refractivity contribution >= 4 is 5.78 Å². The zero-order valence-corrected chi connectivity index (χ0v) is 14.7. The summed E-state index contributed by atoms with van der Waals surface area (Å²) in [6.07, 6.45) is 6.25. The average molecular weight is 301 g/mol. The van der Waals surface area contributed by atoms with Gasteiger partial charge in [0.1, 0.15) is 0 Å². The van der Waals surface area contributed by atoms with Crippen LogP contribution in [0.1, 0.15) is 69.3 Å². The second kappa shape index (κ2) is 7.41. The zero-order valence-electron chi connectivity index (χ0n) is 14.7. The Morgan fingerprint density at radius 1 is 1.18 bits per heavy atom. The number of Topliss-reactive ketones (excluding diaryl/α,β-unsaturated/α-hetero) is 1. The fourth-order valence-electron chi connectivity index (χ4n) is 4.21. The number of carbonyl (C=O) groups excluding carboxylic acids is 1. The number of carbonyl (C=O) groups is 1. The molecule has 0 saturated carbocycles. The SMILES string of the molecule is CCN1CCC(Cc2ccc(C(C)=O)cc2)CC1(CC)CC. The van der Waals surface area contributed by atoms with Crippen LogP contribution in [-0.4, -0.2) is 29.3 Å². The van der Waals surface area contributed by atoms with Gasteiger partial charge in [-0.25, -0.2) is 0 Å². The van der Waals surface area contributed by atoms with E-state index in [9.17, 15) is 4.79 Å². The van der Waals surface area contributed by atoms with Crippen LogP contribution in [0.25, 0.3) is 0 Å². The number of benzene rings is 1. The highest BCUT2D eigenvalue weighted by atomic mass is 16.1. The molecule has 2 nitrogen and oxygen atoms in total. The minimum absolute atomic E-state index is 0.152. The Morgan fingerprint density at radius 3 is 2.32 bits per heavy atom. The summed E-state index contributed by atoms with van der Waals surface area (Å²) in [4.78, 5) is 14.1. The first-order valence-corrected chi connectivity index (χ1v) is 8.89. The Balaban J connectivity index is 2.06. The third-order valence-corrected chi connectivity index (χ3v) is 5.73. The van der Waals surface area contributed by atoms with Crippen LogP contribution < -0.4 is 0 Å². The molecule has 1 atom stereocenters. The topological polar surface area (TPSA) is 20.3 Å². The van der Waals surface area contributed by atoms with Crippen LogP contribution in [-0.2, 0) is 6.42 Å². The molecular weight excluding hydrogens is 270 g/mol. The summed E-state index contributed by atoms with van der Waals surface area (Å²) in [7, 11) is 0. The second-order valence-electron chi connectivity index (χ2n) is 6.83. The molecule has 0 aliphatic carbocycles. The Morgan fingerprint density at radius 2 is 1.82 bits per heavy atom. The minimum Gasteiger partial charge on any atom is -0.298 e. The van der Waals surface area contributed by atoms with Gasteiger partial charge in [-0.3, -0.25) is 9.69 Å². The largest absolute Gasteiger partial charge is 0.298 e. The number of nitrogens with zero attached hydrogens (tertiary/aromatic N) is 1. The molecule has 1 heterocycles. The Labute approximate surface area is 135 Å². The molecule has 1 aliphatic heterocycles. The van der Waals surface area contributed by atoms with Gasteiger partial charge in [0.2, 0.25) is 0 Å². The summed E-state index contributed by atoms with van der Waals surface area (Å²) in [5.74, 6) is 0.921. The number of piperidine rings is 1. The molecule has 122 valence electrons. The maximum Gasteiger partial charge on any atom is 0.159 e. The highest BCUT2D eigenvalue weighted by molar-refractivity contribution is 5.93. The van der Waals surface area contributed by atoms with Gasteiger partial charge in [0, 0.05) is 11.1 Å². The van der Waals surface area contributed by atoms with Crippen LogP contribution >= 0.6 is 0 Å². The van der Waals surface area contributed by atoms with E-state index in [1.165, 1.54) is 44.3 Å². The molecule has 1 aliphatic rings. The van der Waals surface area contributed by atoms with Crippen molar-refractivity contribution in [2.75, 3.05) is 13.1 Å². The summed E-state index contributed by atoms with van der Waals surface area (Å²) in [6, 6.07) is 8.24. The maximum atomic E-state index is 11.4. The van der Waals surface area contributed by atoms with E-state index >= 15 is 0 Å². The van der Waals surface area contributed by atoms with E-state index in [2.05, 4.69) is 37.8 Å². The first-order valence-electron chi connectivity index (χ1n) is 8.89. The van der Waals surface area contributed by atoms with E-state index in [1.807, 2.05) is 12.1 Å². The van der Waals surface area contributed by atoms with Crippen molar-refractivity contribution in [3.63, 3.8) is 0 Å². The molecule has 1 aromatic rings. The molecule has 0 N–H and O–H groups in total. The normalized spacial score (nSPS) is 21.7. The number of rotatable bonds is 6. The van der Waals surface area contributed by atoms with E-state index < -0.39 is 0 Å². The first-order chi connectivity index (χ1) is 10.5. The Bertz CT molecular complexity index is 487. The molecule has 2 rings (SSSR count). The van der Waals surface area contributed by atoms with Gasteiger partial charge in [-0.2, -0.15) is 0 Å². The number of ketones is 1. The highest BCUT2D eigenvalue weighted by Gasteiger charge is 2.38. The minimum atomic E-state index is 0.152. The fraction of sp³-hybridized carbons (Fsp3) is 0.650. The van der Waals surface area contributed by atoms with Crippen molar-refractivity contribution in [1.29, 1.82) is 0 Å². The van der Waals surface area contributed by atoms with Gasteiger partial charge in [-0.1, -0.05) is 45.0 Å². The molecule has 0 amide bonds. The van der Waals surface area contributed by atoms with Gasteiger partial charge >= 0.3 is 0 Å². The Hall–Kier alpha value is -1.15. The van der Waals surface area contributed by atoms with Crippen LogP contribution in [0.2, 0.25) is 0 Å². The lowest BCUT2D eigenvalue weighted by Crippen LogP contribution is -2.53. The van der Waals surface area contributed by atoms with Crippen LogP contribution in [0.3, 0.4) is 0 Å². The zero-order chi connectivity index (χ0) is 16.2. The third-order valence-electron chi connectivity index (χ3n) is 5.73. The number of hydrogen-bond acceptors (Lipinski definition) is 2. The molecule has 1 saturated heterocycles. The first kappa shape index (κ1) is 17.2. The van der Waals surface area contributed by atoms with Crippen LogP contribution in [0.15, 0.2) is 24.3 Å². The predicted octanol–water partition coefficient (Wildman–Crippen LogP) is 4.72. The van der Waals surface area contributed by atoms with E-state index in [1.54, 1.807) is 6.92 Å². The average Bonchev–Trinajstić information content (AvgIpc) is 2.55. The van der Waals surface area contributed by atoms with Gasteiger partial charge in [0.15, 0.2) is 5.78 Å². The summed E-state index contributed by atoms with van der Waals surface area (Å²) >= 11 is 0. The van der Waals surface area contributed by atoms with Gasteiger partial charge in [-0.15, -0.1) is 0 Å². The number of likely N-dealkylation sites (tertiary alicyclic amines) is 1. The van der Waals surface area contributed by atoms with Crippen LogP contribution in [0.4, 0.5) is 0 Å².